The summed E-state index contributed by atoms with van der Waals surface area (Å²) in [5, 5.41) is 7.94. The molecule has 7 nitrogen and oxygen atoms in total. The summed E-state index contributed by atoms with van der Waals surface area (Å²) in [5.41, 5.74) is 2.63. The molecule has 2 aliphatic heterocycles. The lowest BCUT2D eigenvalue weighted by Crippen LogP contribution is -2.55. The van der Waals surface area contributed by atoms with E-state index >= 15 is 0 Å². The van der Waals surface area contributed by atoms with Crippen molar-refractivity contribution in [2.24, 2.45) is 5.41 Å². The highest BCUT2D eigenvalue weighted by atomic mass is 32.1. The van der Waals surface area contributed by atoms with Crippen molar-refractivity contribution in [1.82, 2.24) is 20.2 Å². The van der Waals surface area contributed by atoms with Crippen molar-refractivity contribution in [2.75, 3.05) is 49.5 Å². The first-order valence-corrected chi connectivity index (χ1v) is 13.2. The number of piperazine rings is 1. The molecule has 0 spiro atoms. The van der Waals surface area contributed by atoms with Gasteiger partial charge in [0.2, 0.25) is 0 Å². The molecule has 8 heteroatoms. The van der Waals surface area contributed by atoms with Crippen molar-refractivity contribution in [3.8, 4) is 0 Å². The molecule has 1 saturated carbocycles. The van der Waals surface area contributed by atoms with Crippen LogP contribution < -0.4 is 15.5 Å². The van der Waals surface area contributed by atoms with Gasteiger partial charge in [-0.1, -0.05) is 20.3 Å². The lowest BCUT2D eigenvalue weighted by molar-refractivity contribution is 0.0239. The van der Waals surface area contributed by atoms with E-state index < -0.39 is 0 Å². The summed E-state index contributed by atoms with van der Waals surface area (Å²) in [6.07, 6.45) is 7.42. The molecule has 0 unspecified atom stereocenters. The predicted molar refractivity (Wildman–Crippen MR) is 138 cm³/mol. The number of nitrogens with zero attached hydrogens (tertiary/aromatic N) is 4. The minimum Gasteiger partial charge on any atom is -0.368 e. The Bertz CT molecular complexity index is 1200. The van der Waals surface area contributed by atoms with Crippen molar-refractivity contribution in [1.29, 1.82) is 0 Å². The van der Waals surface area contributed by atoms with Crippen LogP contribution in [0.3, 0.4) is 0 Å². The number of nitrogens with one attached hydrogen (secondary N) is 2. The molecule has 3 aromatic heterocycles. The lowest BCUT2D eigenvalue weighted by Gasteiger charge is -2.45. The molecule has 3 aromatic rings. The minimum absolute atomic E-state index is 0.196. The number of rotatable bonds is 5. The van der Waals surface area contributed by atoms with E-state index in [0.717, 1.165) is 79.0 Å². The second kappa shape index (κ2) is 8.50. The van der Waals surface area contributed by atoms with Crippen LogP contribution in [0.2, 0.25) is 0 Å². The van der Waals surface area contributed by atoms with Crippen LogP contribution >= 0.6 is 11.3 Å². The number of hydrogen-bond acceptors (Lipinski definition) is 7. The zero-order valence-electron chi connectivity index (χ0n) is 19.9. The summed E-state index contributed by atoms with van der Waals surface area (Å²) in [7, 11) is 0. The third kappa shape index (κ3) is 4.03. The number of pyridine rings is 2. The molecule has 0 aromatic carbocycles. The molecule has 1 amide bonds. The van der Waals surface area contributed by atoms with Gasteiger partial charge in [0, 0.05) is 50.9 Å². The van der Waals surface area contributed by atoms with Gasteiger partial charge >= 0.3 is 0 Å². The number of fused-ring (bicyclic) bond motifs is 1. The van der Waals surface area contributed by atoms with Gasteiger partial charge in [0.25, 0.3) is 5.91 Å². The molecule has 0 atom stereocenters. The Balaban J connectivity index is 1.26. The Morgan fingerprint density at radius 3 is 2.53 bits per heavy atom. The topological polar surface area (TPSA) is 73.4 Å². The minimum atomic E-state index is 0.196. The third-order valence-electron chi connectivity index (χ3n) is 7.33. The van der Waals surface area contributed by atoms with E-state index in [1.165, 1.54) is 17.4 Å². The van der Waals surface area contributed by atoms with Crippen LogP contribution in [0.15, 0.2) is 30.6 Å². The quantitative estimate of drug-likeness (QED) is 0.561. The highest BCUT2D eigenvalue weighted by Crippen LogP contribution is 2.46. The summed E-state index contributed by atoms with van der Waals surface area (Å²) in [5.74, 6) is 2.23. The smallest absolute Gasteiger partial charge is 0.264 e. The monoisotopic (exact) mass is 476 g/mol. The fourth-order valence-electron chi connectivity index (χ4n) is 5.33. The van der Waals surface area contributed by atoms with Crippen LogP contribution in [-0.2, 0) is 0 Å². The third-order valence-corrected chi connectivity index (χ3v) is 8.48. The molecule has 3 fully saturated rings. The maximum Gasteiger partial charge on any atom is 0.264 e. The van der Waals surface area contributed by atoms with E-state index in [9.17, 15) is 4.79 Å². The van der Waals surface area contributed by atoms with Crippen LogP contribution in [0.5, 0.6) is 0 Å². The van der Waals surface area contributed by atoms with E-state index in [1.54, 1.807) is 11.3 Å². The van der Waals surface area contributed by atoms with Crippen molar-refractivity contribution in [3.05, 3.63) is 41.0 Å². The highest BCUT2D eigenvalue weighted by molar-refractivity contribution is 7.21. The summed E-state index contributed by atoms with van der Waals surface area (Å²) in [6, 6.07) is 6.25. The maximum atomic E-state index is 13.4. The molecular formula is C26H32N6OS. The van der Waals surface area contributed by atoms with Crippen molar-refractivity contribution < 1.29 is 4.79 Å². The van der Waals surface area contributed by atoms with Crippen molar-refractivity contribution in [2.45, 2.75) is 39.0 Å². The van der Waals surface area contributed by atoms with Gasteiger partial charge in [-0.3, -0.25) is 4.79 Å². The summed E-state index contributed by atoms with van der Waals surface area (Å²) < 4.78 is 1.09. The molecule has 34 heavy (non-hydrogen) atoms. The van der Waals surface area contributed by atoms with Crippen molar-refractivity contribution >= 4 is 44.7 Å². The number of hydrogen-bond donors (Lipinski definition) is 2. The highest BCUT2D eigenvalue weighted by Gasteiger charge is 2.40. The van der Waals surface area contributed by atoms with E-state index in [2.05, 4.69) is 51.5 Å². The Labute approximate surface area is 204 Å². The molecular weight excluding hydrogens is 444 g/mol. The van der Waals surface area contributed by atoms with Gasteiger partial charge < -0.3 is 20.4 Å². The number of thiophene rings is 1. The Hall–Kier alpha value is -2.71. The molecule has 1 aliphatic carbocycles. The van der Waals surface area contributed by atoms with E-state index in [1.807, 2.05) is 23.4 Å². The second-order valence-corrected chi connectivity index (χ2v) is 11.7. The number of aromatic nitrogens is 2. The van der Waals surface area contributed by atoms with Gasteiger partial charge in [0.05, 0.1) is 21.5 Å². The zero-order chi connectivity index (χ0) is 23.3. The van der Waals surface area contributed by atoms with E-state index in [0.29, 0.717) is 5.92 Å². The first-order chi connectivity index (χ1) is 16.5. The second-order valence-electron chi connectivity index (χ2n) is 10.6. The standard InChI is InChI=1S/C26H32N6OS/c1-26(2)15-32(16-26)25(33)24-23(17-4-3-5-17)19-12-22(29-14-20(19)34-24)30-21-7-6-18(13-28-21)31-10-8-27-9-11-31/h6-7,12-14,17,27H,3-5,8-11,15-16H2,1-2H3,(H,28,29,30). The largest absolute Gasteiger partial charge is 0.368 e. The Kier molecular flexibility index (Phi) is 5.45. The molecule has 6 rings (SSSR count). The number of likely N-dealkylation sites (tertiary alicyclic amines) is 1. The molecule has 3 aliphatic rings. The van der Waals surface area contributed by atoms with Crippen LogP contribution in [-0.4, -0.2) is 60.0 Å². The van der Waals surface area contributed by atoms with Gasteiger partial charge in [-0.15, -0.1) is 11.3 Å². The van der Waals surface area contributed by atoms with E-state index in [-0.39, 0.29) is 11.3 Å². The van der Waals surface area contributed by atoms with Crippen molar-refractivity contribution in [3.63, 3.8) is 0 Å². The fraction of sp³-hybridized carbons (Fsp3) is 0.500. The molecule has 2 saturated heterocycles. The van der Waals surface area contributed by atoms with E-state index in [4.69, 9.17) is 0 Å². The Morgan fingerprint density at radius 1 is 1.12 bits per heavy atom. The normalized spacial score (nSPS) is 20.2. The molecule has 178 valence electrons. The molecule has 0 radical (unpaired) electrons. The first-order valence-electron chi connectivity index (χ1n) is 12.4. The molecule has 2 N–H and O–H groups in total. The predicted octanol–water partition coefficient (Wildman–Crippen LogP) is 4.59. The summed E-state index contributed by atoms with van der Waals surface area (Å²) in [4.78, 5) is 27.9. The number of amides is 1. The van der Waals surface area contributed by atoms with Crippen LogP contribution in [0.4, 0.5) is 17.3 Å². The average molecular weight is 477 g/mol. The number of anilines is 3. The molecule has 5 heterocycles. The fourth-order valence-corrected chi connectivity index (χ4v) is 6.53. The van der Waals surface area contributed by atoms with Crippen LogP contribution in [0.1, 0.15) is 54.3 Å². The van der Waals surface area contributed by atoms with Gasteiger partial charge in [-0.25, -0.2) is 9.97 Å². The van der Waals surface area contributed by atoms with Gasteiger partial charge in [-0.2, -0.15) is 0 Å². The number of carbonyl (C=O) groups is 1. The summed E-state index contributed by atoms with van der Waals surface area (Å²) >= 11 is 1.61. The maximum absolute atomic E-state index is 13.4. The van der Waals surface area contributed by atoms with Gasteiger partial charge in [0.1, 0.15) is 11.6 Å². The van der Waals surface area contributed by atoms with Crippen LogP contribution in [0, 0.1) is 5.41 Å². The zero-order valence-corrected chi connectivity index (χ0v) is 20.7. The molecule has 0 bridgehead atoms. The SMILES string of the molecule is CC1(C)CN(C(=O)c2sc3cnc(Nc4ccc(N5CCNCC5)cn4)cc3c2C2CCC2)C1. The van der Waals surface area contributed by atoms with Gasteiger partial charge in [-0.05, 0) is 47.9 Å². The first kappa shape index (κ1) is 21.8. The Morgan fingerprint density at radius 2 is 1.88 bits per heavy atom. The number of carbonyl (C=O) groups excluding carboxylic acids is 1. The van der Waals surface area contributed by atoms with Crippen LogP contribution in [0.25, 0.3) is 10.1 Å². The average Bonchev–Trinajstić information content (AvgIpc) is 3.15. The summed E-state index contributed by atoms with van der Waals surface area (Å²) in [6.45, 7) is 10.1. The van der Waals surface area contributed by atoms with Gasteiger partial charge in [0.15, 0.2) is 0 Å². The lowest BCUT2D eigenvalue weighted by atomic mass is 9.78.